The van der Waals surface area contributed by atoms with Crippen LogP contribution in [0.3, 0.4) is 0 Å². The molecule has 6 atom stereocenters. The molecule has 0 fully saturated rings. The molecule has 24 N–H and O–H groups in total. The van der Waals surface area contributed by atoms with E-state index in [1.54, 1.807) is 42.6 Å². The summed E-state index contributed by atoms with van der Waals surface area (Å²) >= 11 is 0. The van der Waals surface area contributed by atoms with Gasteiger partial charge < -0.3 is 86.5 Å². The van der Waals surface area contributed by atoms with Gasteiger partial charge in [-0.15, -0.1) is 0 Å². The van der Waals surface area contributed by atoms with Crippen molar-refractivity contribution < 1.29 is 33.9 Å². The number of nitrogens with two attached hydrogens (primary N) is 5. The lowest BCUT2D eigenvalue weighted by molar-refractivity contribution is -0.136. The molecule has 79 heavy (non-hydrogen) atoms. The van der Waals surface area contributed by atoms with Crippen molar-refractivity contribution in [3.63, 3.8) is 0 Å². The summed E-state index contributed by atoms with van der Waals surface area (Å²) < 4.78 is 0. The van der Waals surface area contributed by atoms with Gasteiger partial charge in [-0.1, -0.05) is 115 Å². The second-order valence-corrected chi connectivity index (χ2v) is 17.3. The van der Waals surface area contributed by atoms with E-state index in [0.29, 0.717) is 22.4 Å². The molecule has 0 radical (unpaired) electrons. The van der Waals surface area contributed by atoms with Crippen LogP contribution in [0.15, 0.2) is 140 Å². The van der Waals surface area contributed by atoms with Crippen LogP contribution in [0.2, 0.25) is 0 Å². The largest absolute Gasteiger partial charge is 0.370 e. The lowest BCUT2D eigenvalue weighted by atomic mass is 9.96. The molecule has 406 valence electrons. The van der Waals surface area contributed by atoms with Crippen LogP contribution in [-0.2, 0) is 35.3 Å². The Kier molecular flexibility index (Phi) is 17.5. The third-order valence-corrected chi connectivity index (χ3v) is 11.8. The van der Waals surface area contributed by atoms with Gasteiger partial charge in [-0.05, 0) is 50.9 Å². The standard InChI is InChI=1S/C51H55N21O7/c52-36(73)38(68-48(53)54)64-43(75)40(70-50(57)58)66-45(77)41(71-51(59)60)67-44(76)39(69-49(55)56)65-42(74)35(25-12-3-1-4-13-25)63-46(78)47(79)72(24-32-29-18-9-7-16-27(29)22-28-17-8-10-19-30(28)32)34-21-11-20-33-31(34)23-61-37(62-33)26-14-5-2-6-15-26/h1-23,35,38-41,47,79H,24H2,(H2,52,73)(H,63,78)(H,64,75)(H,65,74)(H,66,77)(H,67,76)(H4,53,54,68)(H4,55,56,69)(H4,57,58,70)(H4,59,60,71). The van der Waals surface area contributed by atoms with Crippen molar-refractivity contribution in [1.29, 1.82) is 21.6 Å². The molecule has 6 amide bonds. The SMILES string of the molecule is N=C(N)NC(NC(=O)C(NC(=N)N)NC(=O)C(NC(=N)N)NC(=O)C(NC(=N)N)NC(=O)C(NC(=O)C(O)N(Cc1c2ccccc2cc2ccccc12)c1cccc2nc(-c3ccccc3)ncc12)c1ccccc1)C(N)=O. The number of anilines is 1. The first-order chi connectivity index (χ1) is 37.8. The summed E-state index contributed by atoms with van der Waals surface area (Å²) in [6.07, 6.45) is -8.44. The minimum absolute atomic E-state index is 0.0762. The van der Waals surface area contributed by atoms with Gasteiger partial charge >= 0.3 is 0 Å². The first-order valence-electron chi connectivity index (χ1n) is 23.7. The van der Waals surface area contributed by atoms with Crippen LogP contribution in [0.5, 0.6) is 0 Å². The highest BCUT2D eigenvalue weighted by Crippen LogP contribution is 2.34. The van der Waals surface area contributed by atoms with Gasteiger partial charge in [-0.2, -0.15) is 0 Å². The molecule has 7 rings (SSSR count). The Bertz CT molecular complexity index is 3440. The Morgan fingerprint density at radius 3 is 1.46 bits per heavy atom. The summed E-state index contributed by atoms with van der Waals surface area (Å²) in [6.45, 7) is -0.0762. The molecule has 28 nitrogen and oxygen atoms in total. The summed E-state index contributed by atoms with van der Waals surface area (Å²) in [6, 6.07) is 37.9. The lowest BCUT2D eigenvalue weighted by Gasteiger charge is -2.32. The zero-order valence-electron chi connectivity index (χ0n) is 41.6. The van der Waals surface area contributed by atoms with Gasteiger partial charge in [0, 0.05) is 23.7 Å². The maximum atomic E-state index is 14.9. The molecular weight excluding hydrogens is 1020 g/mol. The van der Waals surface area contributed by atoms with Crippen LogP contribution in [-0.4, -0.2) is 105 Å². The molecular formula is C51H55N21O7. The van der Waals surface area contributed by atoms with Crippen LogP contribution in [0.1, 0.15) is 17.2 Å². The number of aromatic nitrogens is 2. The molecule has 0 spiro atoms. The zero-order chi connectivity index (χ0) is 56.9. The molecule has 0 saturated carbocycles. The van der Waals surface area contributed by atoms with E-state index in [2.05, 4.69) is 47.5 Å². The number of hydrogen-bond acceptors (Lipinski definition) is 14. The number of carbonyl (C=O) groups is 6. The predicted octanol–water partition coefficient (Wildman–Crippen LogP) is -2.03. The molecule has 1 aromatic heterocycles. The highest BCUT2D eigenvalue weighted by atomic mass is 16.3. The number of aliphatic hydroxyl groups is 1. The second kappa shape index (κ2) is 24.9. The molecule has 0 saturated heterocycles. The van der Waals surface area contributed by atoms with Crippen molar-refractivity contribution in [2.75, 3.05) is 4.90 Å². The number of amides is 6. The summed E-state index contributed by atoms with van der Waals surface area (Å²) in [7, 11) is 0. The first kappa shape index (κ1) is 55.6. The van der Waals surface area contributed by atoms with E-state index in [-0.39, 0.29) is 12.1 Å². The van der Waals surface area contributed by atoms with Gasteiger partial charge in [0.15, 0.2) is 54.3 Å². The van der Waals surface area contributed by atoms with E-state index >= 15 is 0 Å². The minimum atomic E-state index is -2.10. The van der Waals surface area contributed by atoms with Crippen LogP contribution in [0, 0.1) is 21.6 Å². The molecule has 6 aromatic carbocycles. The van der Waals surface area contributed by atoms with Gasteiger partial charge in [-0.3, -0.25) is 50.4 Å². The number of aliphatic hydroxyl groups excluding tert-OH is 1. The van der Waals surface area contributed by atoms with Crippen LogP contribution in [0.25, 0.3) is 43.8 Å². The monoisotopic (exact) mass is 1070 g/mol. The maximum Gasteiger partial charge on any atom is 0.270 e. The summed E-state index contributed by atoms with van der Waals surface area (Å²) in [4.78, 5) is 93.3. The number of rotatable bonds is 21. The van der Waals surface area contributed by atoms with Crippen molar-refractivity contribution >= 4 is 97.4 Å². The molecule has 7 aromatic rings. The van der Waals surface area contributed by atoms with E-state index in [9.17, 15) is 33.9 Å². The average molecular weight is 1070 g/mol. The third kappa shape index (κ3) is 14.0. The van der Waals surface area contributed by atoms with E-state index in [0.717, 1.165) is 32.7 Å². The van der Waals surface area contributed by atoms with Crippen molar-refractivity contribution in [1.82, 2.24) is 57.8 Å². The summed E-state index contributed by atoms with van der Waals surface area (Å²) in [5.41, 5.74) is 29.6. The quantitative estimate of drug-likeness (QED) is 0.0160. The fourth-order valence-electron chi connectivity index (χ4n) is 8.28. The van der Waals surface area contributed by atoms with Crippen molar-refractivity contribution in [3.8, 4) is 11.4 Å². The fraction of sp³-hybridized carbons (Fsp3) is 0.137. The number of nitrogens with one attached hydrogen (secondary N) is 13. The number of guanidine groups is 4. The highest BCUT2D eigenvalue weighted by Gasteiger charge is 2.36. The topological polar surface area (TPSA) is 485 Å². The number of hydrogen-bond donors (Lipinski definition) is 19. The van der Waals surface area contributed by atoms with E-state index < -0.39 is 96.2 Å². The van der Waals surface area contributed by atoms with Gasteiger partial charge in [0.1, 0.15) is 6.04 Å². The Morgan fingerprint density at radius 2 is 0.949 bits per heavy atom. The number of carbonyl (C=O) groups excluding carboxylic acids is 6. The molecule has 0 aliphatic heterocycles. The average Bonchev–Trinajstić information content (AvgIpc) is 3.43. The molecule has 0 aliphatic carbocycles. The molecule has 1 heterocycles. The van der Waals surface area contributed by atoms with Gasteiger partial charge in [0.25, 0.3) is 29.5 Å². The van der Waals surface area contributed by atoms with E-state index in [1.807, 2.05) is 90.2 Å². The number of fused-ring (bicyclic) bond motifs is 3. The predicted molar refractivity (Wildman–Crippen MR) is 293 cm³/mol. The summed E-state index contributed by atoms with van der Waals surface area (Å²) in [5.74, 6) is -10.4. The van der Waals surface area contributed by atoms with Gasteiger partial charge in [-0.25, -0.2) is 9.97 Å². The van der Waals surface area contributed by atoms with Crippen LogP contribution >= 0.6 is 0 Å². The number of benzene rings is 6. The Hall–Kier alpha value is -11.2. The second-order valence-electron chi connectivity index (χ2n) is 17.3. The van der Waals surface area contributed by atoms with Gasteiger partial charge in [0.2, 0.25) is 12.1 Å². The first-order valence-corrected chi connectivity index (χ1v) is 23.7. The molecule has 6 unspecified atom stereocenters. The minimum Gasteiger partial charge on any atom is -0.370 e. The number of primary amides is 1. The van der Waals surface area contributed by atoms with Crippen molar-refractivity contribution in [2.24, 2.45) is 28.7 Å². The molecule has 28 heteroatoms. The smallest absolute Gasteiger partial charge is 0.270 e. The molecule has 0 bridgehead atoms. The third-order valence-electron chi connectivity index (χ3n) is 11.8. The molecule has 0 aliphatic rings. The Balaban J connectivity index is 1.20. The highest BCUT2D eigenvalue weighted by molar-refractivity contribution is 6.04. The number of nitrogens with zero attached hydrogens (tertiary/aromatic N) is 3. The Labute approximate surface area is 448 Å². The van der Waals surface area contributed by atoms with Crippen LogP contribution < -0.4 is 81.4 Å². The normalized spacial score (nSPS) is 13.1. The Morgan fingerprint density at radius 1 is 0.494 bits per heavy atom. The lowest BCUT2D eigenvalue weighted by Crippen LogP contribution is -2.68. The van der Waals surface area contributed by atoms with E-state index in [1.165, 1.54) is 17.0 Å². The fourth-order valence-corrected chi connectivity index (χ4v) is 8.28. The van der Waals surface area contributed by atoms with Crippen molar-refractivity contribution in [2.45, 2.75) is 43.5 Å². The summed E-state index contributed by atoms with van der Waals surface area (Å²) in [5, 5.41) is 67.1. The van der Waals surface area contributed by atoms with Crippen LogP contribution in [0.4, 0.5) is 5.69 Å². The van der Waals surface area contributed by atoms with Gasteiger partial charge in [0.05, 0.1) is 11.2 Å². The van der Waals surface area contributed by atoms with Crippen molar-refractivity contribution in [3.05, 3.63) is 151 Å². The maximum absolute atomic E-state index is 14.9. The van der Waals surface area contributed by atoms with E-state index in [4.69, 9.17) is 55.3 Å². The zero-order valence-corrected chi connectivity index (χ0v) is 41.6.